The monoisotopic (exact) mass is 331 g/mol. The number of aryl methyl sites for hydroxylation is 1. The molecule has 2 rings (SSSR count). The summed E-state index contributed by atoms with van der Waals surface area (Å²) >= 11 is 1.32. The van der Waals surface area contributed by atoms with E-state index in [1.165, 1.54) is 11.3 Å². The Labute approximate surface area is 140 Å². The van der Waals surface area contributed by atoms with E-state index in [1.54, 1.807) is 0 Å². The SMILES string of the molecule is CCCC(NC(=O)COC(=O)c1sccc1C)c1ccccc1. The topological polar surface area (TPSA) is 55.4 Å². The van der Waals surface area contributed by atoms with Crippen LogP contribution in [0.25, 0.3) is 0 Å². The smallest absolute Gasteiger partial charge is 0.349 e. The van der Waals surface area contributed by atoms with Crippen molar-refractivity contribution in [3.8, 4) is 0 Å². The van der Waals surface area contributed by atoms with Gasteiger partial charge in [-0.3, -0.25) is 4.79 Å². The summed E-state index contributed by atoms with van der Waals surface area (Å²) in [6.45, 7) is 3.66. The van der Waals surface area contributed by atoms with Gasteiger partial charge in [0.1, 0.15) is 4.88 Å². The summed E-state index contributed by atoms with van der Waals surface area (Å²) in [5.41, 5.74) is 1.93. The van der Waals surface area contributed by atoms with Crippen LogP contribution in [0.2, 0.25) is 0 Å². The van der Waals surface area contributed by atoms with Gasteiger partial charge < -0.3 is 10.1 Å². The Morgan fingerprint density at radius 2 is 1.96 bits per heavy atom. The van der Waals surface area contributed by atoms with Gasteiger partial charge in [-0.25, -0.2) is 4.79 Å². The van der Waals surface area contributed by atoms with E-state index in [0.29, 0.717) is 4.88 Å². The van der Waals surface area contributed by atoms with Gasteiger partial charge in [-0.15, -0.1) is 11.3 Å². The molecular formula is C18H21NO3S. The van der Waals surface area contributed by atoms with Crippen molar-refractivity contribution in [3.63, 3.8) is 0 Å². The van der Waals surface area contributed by atoms with Crippen LogP contribution in [0.4, 0.5) is 0 Å². The Morgan fingerprint density at radius 1 is 1.22 bits per heavy atom. The molecule has 1 aromatic heterocycles. The highest BCUT2D eigenvalue weighted by Crippen LogP contribution is 2.18. The molecule has 0 spiro atoms. The molecule has 1 N–H and O–H groups in total. The van der Waals surface area contributed by atoms with Gasteiger partial charge >= 0.3 is 5.97 Å². The van der Waals surface area contributed by atoms with Gasteiger partial charge in [-0.2, -0.15) is 0 Å². The van der Waals surface area contributed by atoms with E-state index < -0.39 is 5.97 Å². The summed E-state index contributed by atoms with van der Waals surface area (Å²) in [5, 5.41) is 4.77. The minimum atomic E-state index is -0.445. The molecule has 1 aromatic carbocycles. The lowest BCUT2D eigenvalue weighted by atomic mass is 10.0. The van der Waals surface area contributed by atoms with Crippen molar-refractivity contribution in [2.24, 2.45) is 0 Å². The van der Waals surface area contributed by atoms with Crippen LogP contribution in [0.5, 0.6) is 0 Å². The molecule has 0 aliphatic rings. The number of nitrogens with one attached hydrogen (secondary N) is 1. The molecule has 0 saturated heterocycles. The van der Waals surface area contributed by atoms with Crippen molar-refractivity contribution in [1.29, 1.82) is 0 Å². The Hall–Kier alpha value is -2.14. The average molecular weight is 331 g/mol. The van der Waals surface area contributed by atoms with E-state index >= 15 is 0 Å². The van der Waals surface area contributed by atoms with Gasteiger partial charge in [-0.05, 0) is 35.9 Å². The second kappa shape index (κ2) is 8.48. The number of amides is 1. The van der Waals surface area contributed by atoms with E-state index in [-0.39, 0.29) is 18.6 Å². The average Bonchev–Trinajstić information content (AvgIpc) is 2.99. The number of thiophene rings is 1. The summed E-state index contributed by atoms with van der Waals surface area (Å²) in [5.74, 6) is -0.728. The largest absolute Gasteiger partial charge is 0.451 e. The molecule has 4 nitrogen and oxygen atoms in total. The molecule has 0 saturated carbocycles. The van der Waals surface area contributed by atoms with E-state index in [9.17, 15) is 9.59 Å². The van der Waals surface area contributed by atoms with Crippen molar-refractivity contribution in [3.05, 3.63) is 57.8 Å². The van der Waals surface area contributed by atoms with Crippen molar-refractivity contribution >= 4 is 23.2 Å². The van der Waals surface area contributed by atoms with E-state index in [1.807, 2.05) is 48.7 Å². The zero-order chi connectivity index (χ0) is 16.7. The quantitative estimate of drug-likeness (QED) is 0.784. The number of hydrogen-bond donors (Lipinski definition) is 1. The minimum Gasteiger partial charge on any atom is -0.451 e. The van der Waals surface area contributed by atoms with Crippen molar-refractivity contribution < 1.29 is 14.3 Å². The van der Waals surface area contributed by atoms with Gasteiger partial charge in [0.2, 0.25) is 0 Å². The number of rotatable bonds is 7. The number of carbonyl (C=O) groups is 2. The predicted octanol–water partition coefficient (Wildman–Crippen LogP) is 3.87. The Kier molecular flexibility index (Phi) is 6.35. The molecular weight excluding hydrogens is 310 g/mol. The Balaban J connectivity index is 1.90. The van der Waals surface area contributed by atoms with Crippen molar-refractivity contribution in [1.82, 2.24) is 5.32 Å². The lowest BCUT2D eigenvalue weighted by Gasteiger charge is -2.18. The van der Waals surface area contributed by atoms with Gasteiger partial charge in [-0.1, -0.05) is 43.7 Å². The van der Waals surface area contributed by atoms with Gasteiger partial charge in [0.25, 0.3) is 5.91 Å². The van der Waals surface area contributed by atoms with Crippen molar-refractivity contribution in [2.45, 2.75) is 32.7 Å². The molecule has 1 heterocycles. The first-order valence-electron chi connectivity index (χ1n) is 7.67. The third-order valence-electron chi connectivity index (χ3n) is 3.50. The molecule has 0 fully saturated rings. The standard InChI is InChI=1S/C18H21NO3S/c1-3-7-15(14-8-5-4-6-9-14)19-16(20)12-22-18(21)17-13(2)10-11-23-17/h4-6,8-11,15H,3,7,12H2,1-2H3,(H,19,20). The molecule has 0 aliphatic heterocycles. The first kappa shape index (κ1) is 17.2. The second-order valence-electron chi connectivity index (χ2n) is 5.33. The highest BCUT2D eigenvalue weighted by molar-refractivity contribution is 7.12. The summed E-state index contributed by atoms with van der Waals surface area (Å²) in [4.78, 5) is 24.5. The molecule has 1 unspecified atom stereocenters. The van der Waals surface area contributed by atoms with Crippen LogP contribution < -0.4 is 5.32 Å². The fraction of sp³-hybridized carbons (Fsp3) is 0.333. The summed E-state index contributed by atoms with van der Waals surface area (Å²) in [6, 6.07) is 11.6. The van der Waals surface area contributed by atoms with Gasteiger partial charge in [0.05, 0.1) is 6.04 Å². The highest BCUT2D eigenvalue weighted by atomic mass is 32.1. The number of esters is 1. The molecule has 1 atom stereocenters. The zero-order valence-corrected chi connectivity index (χ0v) is 14.2. The van der Waals surface area contributed by atoms with Crippen molar-refractivity contribution in [2.75, 3.05) is 6.61 Å². The molecule has 0 bridgehead atoms. The third kappa shape index (κ3) is 4.93. The van der Waals surface area contributed by atoms with E-state index in [2.05, 4.69) is 12.2 Å². The number of ether oxygens (including phenoxy) is 1. The number of hydrogen-bond acceptors (Lipinski definition) is 4. The third-order valence-corrected chi connectivity index (χ3v) is 4.49. The maximum atomic E-state index is 12.1. The molecule has 1 amide bonds. The summed E-state index contributed by atoms with van der Waals surface area (Å²) < 4.78 is 5.10. The van der Waals surface area contributed by atoms with Crippen LogP contribution in [0, 0.1) is 6.92 Å². The normalized spacial score (nSPS) is 11.7. The Bertz CT molecular complexity index is 651. The lowest BCUT2D eigenvalue weighted by molar-refractivity contribution is -0.125. The molecule has 0 aliphatic carbocycles. The molecule has 5 heteroatoms. The molecule has 0 radical (unpaired) electrons. The summed E-state index contributed by atoms with van der Waals surface area (Å²) in [6.07, 6.45) is 1.79. The van der Waals surface area contributed by atoms with E-state index in [4.69, 9.17) is 4.74 Å². The van der Waals surface area contributed by atoms with Gasteiger partial charge in [0, 0.05) is 0 Å². The molecule has 122 valence electrons. The summed E-state index contributed by atoms with van der Waals surface area (Å²) in [7, 11) is 0. The maximum Gasteiger partial charge on any atom is 0.349 e. The lowest BCUT2D eigenvalue weighted by Crippen LogP contribution is -2.32. The second-order valence-corrected chi connectivity index (χ2v) is 6.24. The zero-order valence-electron chi connectivity index (χ0n) is 13.4. The minimum absolute atomic E-state index is 0.0594. The molecule has 2 aromatic rings. The van der Waals surface area contributed by atoms with Crippen LogP contribution in [-0.4, -0.2) is 18.5 Å². The number of carbonyl (C=O) groups excluding carboxylic acids is 2. The fourth-order valence-corrected chi connectivity index (χ4v) is 3.13. The predicted molar refractivity (Wildman–Crippen MR) is 91.6 cm³/mol. The molecule has 23 heavy (non-hydrogen) atoms. The number of benzene rings is 1. The van der Waals surface area contributed by atoms with Crippen LogP contribution in [0.3, 0.4) is 0 Å². The van der Waals surface area contributed by atoms with E-state index in [0.717, 1.165) is 24.0 Å². The van der Waals surface area contributed by atoms with Crippen LogP contribution in [0.15, 0.2) is 41.8 Å². The first-order chi connectivity index (χ1) is 11.1. The Morgan fingerprint density at radius 3 is 2.57 bits per heavy atom. The fourth-order valence-electron chi connectivity index (χ4n) is 2.31. The van der Waals surface area contributed by atoms with Crippen LogP contribution in [0.1, 0.15) is 46.6 Å². The first-order valence-corrected chi connectivity index (χ1v) is 8.55. The van der Waals surface area contributed by atoms with Crippen LogP contribution in [-0.2, 0) is 9.53 Å². The maximum absolute atomic E-state index is 12.1. The highest BCUT2D eigenvalue weighted by Gasteiger charge is 2.17. The van der Waals surface area contributed by atoms with Gasteiger partial charge in [0.15, 0.2) is 6.61 Å². The van der Waals surface area contributed by atoms with Crippen LogP contribution >= 0.6 is 11.3 Å².